The van der Waals surface area contributed by atoms with E-state index >= 15 is 0 Å². The molecule has 0 saturated carbocycles. The van der Waals surface area contributed by atoms with Crippen molar-refractivity contribution in [3.05, 3.63) is 0 Å². The van der Waals surface area contributed by atoms with Crippen LogP contribution in [-0.2, 0) is 43.3 Å². The minimum atomic E-state index is 0. The van der Waals surface area contributed by atoms with Crippen LogP contribution in [0, 0.1) is 0 Å². The normalized spacial score (nSPS) is 0. The summed E-state index contributed by atoms with van der Waals surface area (Å²) in [5, 5.41) is 0. The molecule has 4 heavy (non-hydrogen) atoms. The second kappa shape index (κ2) is 17.7. The zero-order chi connectivity index (χ0) is 0. The van der Waals surface area contributed by atoms with E-state index in [0.717, 1.165) is 0 Å². The number of rotatable bonds is 0. The SMILES string of the molecule is [AlH3].[Cu].[LiH].[Zr]. The van der Waals surface area contributed by atoms with Gasteiger partial charge < -0.3 is 0 Å². The molecule has 0 N–H and O–H groups in total. The molecule has 0 rings (SSSR count). The van der Waals surface area contributed by atoms with Gasteiger partial charge in [0.15, 0.2) is 17.4 Å². The molecule has 0 spiro atoms. The molecule has 0 aliphatic carbocycles. The van der Waals surface area contributed by atoms with Crippen molar-refractivity contribution in [2.24, 2.45) is 0 Å². The van der Waals surface area contributed by atoms with E-state index in [9.17, 15) is 0 Å². The van der Waals surface area contributed by atoms with Gasteiger partial charge in [-0.3, -0.25) is 0 Å². The van der Waals surface area contributed by atoms with Crippen LogP contribution in [0.3, 0.4) is 0 Å². The van der Waals surface area contributed by atoms with Gasteiger partial charge in [0.05, 0.1) is 0 Å². The van der Waals surface area contributed by atoms with Crippen LogP contribution in [0.5, 0.6) is 0 Å². The third-order valence-corrected chi connectivity index (χ3v) is 0. The molecule has 0 fully saturated rings. The summed E-state index contributed by atoms with van der Waals surface area (Å²) in [6.07, 6.45) is 0. The topological polar surface area (TPSA) is 0 Å². The first kappa shape index (κ1) is 31.2. The summed E-state index contributed by atoms with van der Waals surface area (Å²) in [7, 11) is 0. The van der Waals surface area contributed by atoms with Crippen molar-refractivity contribution in [3.63, 3.8) is 0 Å². The summed E-state index contributed by atoms with van der Waals surface area (Å²) in [5.41, 5.74) is 0. The Morgan fingerprint density at radius 2 is 1.00 bits per heavy atom. The minimum Gasteiger partial charge on any atom is 0 e. The van der Waals surface area contributed by atoms with E-state index in [1.807, 2.05) is 0 Å². The molecule has 0 bridgehead atoms. The Morgan fingerprint density at radius 1 is 1.00 bits per heavy atom. The van der Waals surface area contributed by atoms with Gasteiger partial charge in [-0.05, 0) is 0 Å². The van der Waals surface area contributed by atoms with Crippen LogP contribution in [0.1, 0.15) is 0 Å². The Labute approximate surface area is 78.4 Å². The summed E-state index contributed by atoms with van der Waals surface area (Å²) >= 11 is 0. The molecule has 0 nitrogen and oxygen atoms in total. The molecule has 0 aromatic rings. The standard InChI is InChI=1S/Al.Cu.Li.Zr.4H. The van der Waals surface area contributed by atoms with Crippen LogP contribution in [0.25, 0.3) is 0 Å². The fourth-order valence-electron chi connectivity index (χ4n) is 0. The molecule has 0 saturated heterocycles. The third-order valence-electron chi connectivity index (χ3n) is 0. The van der Waals surface area contributed by atoms with Gasteiger partial charge in [-0.1, -0.05) is 0 Å². The van der Waals surface area contributed by atoms with Crippen LogP contribution < -0.4 is 0 Å². The van der Waals surface area contributed by atoms with Gasteiger partial charge in [0.25, 0.3) is 0 Å². The maximum absolute atomic E-state index is 0. The zero-order valence-electron chi connectivity index (χ0n) is 0.802. The van der Waals surface area contributed by atoms with Crippen LogP contribution in [0.15, 0.2) is 0 Å². The summed E-state index contributed by atoms with van der Waals surface area (Å²) in [4.78, 5) is 0. The van der Waals surface area contributed by atoms with Gasteiger partial charge in [-0.2, -0.15) is 0 Å². The first-order valence-corrected chi connectivity index (χ1v) is 0. The molecule has 0 heterocycles. The predicted octanol–water partition coefficient (Wildman–Crippen LogP) is -1.84. The van der Waals surface area contributed by atoms with Crippen LogP contribution in [0.4, 0.5) is 0 Å². The van der Waals surface area contributed by atoms with E-state index in [4.69, 9.17) is 0 Å². The average molecular weight is 193 g/mol. The fraction of sp³-hybridized carbons (Fsp3) is 0. The van der Waals surface area contributed by atoms with Crippen molar-refractivity contribution in [3.8, 4) is 0 Å². The molecule has 0 aliphatic rings. The van der Waals surface area contributed by atoms with E-state index in [0.29, 0.717) is 0 Å². The van der Waals surface area contributed by atoms with Crippen LogP contribution in [0.2, 0.25) is 0 Å². The van der Waals surface area contributed by atoms with Gasteiger partial charge in [0.2, 0.25) is 0 Å². The Kier molecular flexibility index (Phi) is 138. The van der Waals surface area contributed by atoms with Crippen molar-refractivity contribution in [1.29, 1.82) is 0 Å². The van der Waals surface area contributed by atoms with Gasteiger partial charge in [0.1, 0.15) is 0 Å². The average Bonchev–Trinajstić information content (AvgIpc) is 0. The monoisotopic (exact) mass is 191 g/mol. The van der Waals surface area contributed by atoms with Gasteiger partial charge in [-0.25, -0.2) is 0 Å². The Balaban J connectivity index is 0. The van der Waals surface area contributed by atoms with E-state index in [1.165, 1.54) is 0 Å². The first-order chi connectivity index (χ1) is 0. The van der Waals surface area contributed by atoms with E-state index < -0.39 is 0 Å². The van der Waals surface area contributed by atoms with Crippen LogP contribution in [-0.4, -0.2) is 36.2 Å². The maximum atomic E-state index is 0. The van der Waals surface area contributed by atoms with Crippen molar-refractivity contribution < 1.29 is 43.3 Å². The molecule has 0 aromatic carbocycles. The predicted molar refractivity (Wildman–Crippen MR) is 17.1 cm³/mol. The van der Waals surface area contributed by atoms with Gasteiger partial charge >= 0.3 is 18.9 Å². The van der Waals surface area contributed by atoms with E-state index in [1.54, 1.807) is 0 Å². The zero-order valence-corrected chi connectivity index (χ0v) is 4.20. The molecule has 0 aliphatic heterocycles. The molecule has 0 atom stereocenters. The van der Waals surface area contributed by atoms with E-state index in [2.05, 4.69) is 0 Å². The second-order valence-corrected chi connectivity index (χ2v) is 0. The minimum absolute atomic E-state index is 0. The smallest absolute Gasteiger partial charge is 0 e. The first-order valence-electron chi connectivity index (χ1n) is 0. The Bertz CT molecular complexity index is 8.00. The van der Waals surface area contributed by atoms with Crippen molar-refractivity contribution in [2.75, 3.05) is 0 Å². The second-order valence-electron chi connectivity index (χ2n) is 0. The van der Waals surface area contributed by atoms with Crippen LogP contribution >= 0.6 is 0 Å². The maximum Gasteiger partial charge on any atom is 0 e. The molecule has 23 valence electrons. The number of hydrogen-bond acceptors (Lipinski definition) is 0. The fourth-order valence-corrected chi connectivity index (χ4v) is 0. The van der Waals surface area contributed by atoms with Crippen molar-refractivity contribution in [2.45, 2.75) is 0 Å². The number of hydrogen-bond donors (Lipinski definition) is 0. The molecule has 1 radical (unpaired) electrons. The summed E-state index contributed by atoms with van der Waals surface area (Å²) < 4.78 is 0. The van der Waals surface area contributed by atoms with Gasteiger partial charge in [0, 0.05) is 43.3 Å². The largest absolute Gasteiger partial charge is 0 e. The quantitative estimate of drug-likeness (QED) is 0.396. The molecule has 0 amide bonds. The Morgan fingerprint density at radius 3 is 1.00 bits per heavy atom. The van der Waals surface area contributed by atoms with E-state index in [-0.39, 0.29) is 79.5 Å². The molecular formula is H4AlCuLiZr. The van der Waals surface area contributed by atoms with Crippen molar-refractivity contribution in [1.82, 2.24) is 0 Å². The van der Waals surface area contributed by atoms with Gasteiger partial charge in [-0.15, -0.1) is 0 Å². The molecule has 0 aromatic heterocycles. The molecule has 0 unspecified atom stereocenters. The summed E-state index contributed by atoms with van der Waals surface area (Å²) in [6.45, 7) is 0. The summed E-state index contributed by atoms with van der Waals surface area (Å²) in [6, 6.07) is 0. The summed E-state index contributed by atoms with van der Waals surface area (Å²) in [5.74, 6) is 0. The van der Waals surface area contributed by atoms with Crippen molar-refractivity contribution >= 4 is 36.2 Å². The third kappa shape index (κ3) is 8.82. The Hall–Kier alpha value is 2.53. The molecule has 4 heteroatoms. The molecular weight excluding hydrogens is 189 g/mol.